The molecule has 5 nitrogen and oxygen atoms in total. The number of carbonyl (C=O) groups excluding carboxylic acids is 1. The lowest BCUT2D eigenvalue weighted by atomic mass is 10.2. The minimum absolute atomic E-state index is 0.00689. The minimum Gasteiger partial charge on any atom is -0.493 e. The van der Waals surface area contributed by atoms with Gasteiger partial charge in [0.15, 0.2) is 18.1 Å². The van der Waals surface area contributed by atoms with Gasteiger partial charge in [0.25, 0.3) is 5.91 Å². The van der Waals surface area contributed by atoms with Crippen molar-refractivity contribution in [1.82, 2.24) is 4.90 Å². The van der Waals surface area contributed by atoms with E-state index in [-0.39, 0.29) is 12.5 Å². The number of allylic oxidation sites excluding steroid dienone is 1. The highest BCUT2D eigenvalue weighted by Crippen LogP contribution is 2.28. The van der Waals surface area contributed by atoms with Crippen LogP contribution in [0.5, 0.6) is 11.5 Å². The van der Waals surface area contributed by atoms with E-state index in [0.29, 0.717) is 37.8 Å². The van der Waals surface area contributed by atoms with Crippen LogP contribution in [0.3, 0.4) is 0 Å². The molecule has 2 rings (SSSR count). The summed E-state index contributed by atoms with van der Waals surface area (Å²) in [5.41, 5.74) is 1.02. The largest absolute Gasteiger partial charge is 0.493 e. The number of hydrogen-bond donors (Lipinski definition) is 0. The van der Waals surface area contributed by atoms with Gasteiger partial charge in [0.05, 0.1) is 20.3 Å². The number of benzene rings is 1. The molecule has 1 fully saturated rings. The third-order valence-corrected chi connectivity index (χ3v) is 3.68. The molecule has 0 bridgehead atoms. The van der Waals surface area contributed by atoms with Crippen LogP contribution >= 0.6 is 15.9 Å². The summed E-state index contributed by atoms with van der Waals surface area (Å²) in [5, 5.41) is 0.793. The van der Waals surface area contributed by atoms with E-state index in [4.69, 9.17) is 14.2 Å². The summed E-state index contributed by atoms with van der Waals surface area (Å²) < 4.78 is 16.2. The van der Waals surface area contributed by atoms with Crippen LogP contribution in [0.4, 0.5) is 0 Å². The van der Waals surface area contributed by atoms with Crippen LogP contribution in [0.2, 0.25) is 0 Å². The summed E-state index contributed by atoms with van der Waals surface area (Å²) in [6, 6.07) is 5.63. The quantitative estimate of drug-likeness (QED) is 0.722. The highest BCUT2D eigenvalue weighted by molar-refractivity contribution is 9.09. The summed E-state index contributed by atoms with van der Waals surface area (Å²) in [6.45, 7) is 2.42. The summed E-state index contributed by atoms with van der Waals surface area (Å²) in [4.78, 5) is 13.8. The molecule has 0 aliphatic carbocycles. The molecule has 1 aromatic rings. The van der Waals surface area contributed by atoms with Crippen LogP contribution in [0.15, 0.2) is 24.3 Å². The maximum atomic E-state index is 12.1. The summed E-state index contributed by atoms with van der Waals surface area (Å²) >= 11 is 3.34. The third-order valence-electron chi connectivity index (χ3n) is 3.30. The fourth-order valence-corrected chi connectivity index (χ4v) is 2.32. The fourth-order valence-electron chi connectivity index (χ4n) is 2.13. The molecule has 1 saturated heterocycles. The van der Waals surface area contributed by atoms with E-state index in [1.54, 1.807) is 12.0 Å². The van der Waals surface area contributed by atoms with Crippen molar-refractivity contribution in [2.75, 3.05) is 45.4 Å². The molecule has 1 aliphatic rings. The van der Waals surface area contributed by atoms with Gasteiger partial charge < -0.3 is 19.1 Å². The first kappa shape index (κ1) is 16.8. The maximum absolute atomic E-state index is 12.1. The van der Waals surface area contributed by atoms with Gasteiger partial charge in [0.1, 0.15) is 0 Å². The summed E-state index contributed by atoms with van der Waals surface area (Å²) in [5.74, 6) is 1.15. The van der Waals surface area contributed by atoms with Gasteiger partial charge in [-0.25, -0.2) is 0 Å². The van der Waals surface area contributed by atoms with E-state index in [0.717, 1.165) is 10.9 Å². The van der Waals surface area contributed by atoms with Gasteiger partial charge in [-0.15, -0.1) is 0 Å². The standard InChI is InChI=1S/C16H20BrNO4/c1-20-15-11-13(3-2-6-17)4-5-14(15)22-12-16(19)18-7-9-21-10-8-18/h2-5,11H,6-10,12H2,1H3. The zero-order chi connectivity index (χ0) is 15.8. The van der Waals surface area contributed by atoms with Crippen molar-refractivity contribution < 1.29 is 19.0 Å². The van der Waals surface area contributed by atoms with Crippen LogP contribution < -0.4 is 9.47 Å². The Kier molecular flexibility index (Phi) is 6.74. The smallest absolute Gasteiger partial charge is 0.260 e. The van der Waals surface area contributed by atoms with Crippen LogP contribution in [0.1, 0.15) is 5.56 Å². The topological polar surface area (TPSA) is 48.0 Å². The molecule has 120 valence electrons. The van der Waals surface area contributed by atoms with Gasteiger partial charge in [-0.05, 0) is 17.7 Å². The van der Waals surface area contributed by atoms with E-state index in [1.165, 1.54) is 0 Å². The van der Waals surface area contributed by atoms with Gasteiger partial charge in [-0.3, -0.25) is 4.79 Å². The number of rotatable bonds is 6. The number of carbonyl (C=O) groups is 1. The highest BCUT2D eigenvalue weighted by atomic mass is 79.9. The first-order valence-electron chi connectivity index (χ1n) is 7.13. The Labute approximate surface area is 139 Å². The average molecular weight is 370 g/mol. The van der Waals surface area contributed by atoms with Crippen LogP contribution in [-0.4, -0.2) is 56.2 Å². The van der Waals surface area contributed by atoms with Gasteiger partial charge >= 0.3 is 0 Å². The molecule has 1 heterocycles. The van der Waals surface area contributed by atoms with Crippen molar-refractivity contribution in [3.05, 3.63) is 29.8 Å². The molecule has 0 unspecified atom stereocenters. The minimum atomic E-state index is -0.0337. The Hall–Kier alpha value is -1.53. The zero-order valence-corrected chi connectivity index (χ0v) is 14.2. The molecule has 0 spiro atoms. The predicted octanol–water partition coefficient (Wildman–Crippen LogP) is 2.34. The molecular formula is C16H20BrNO4. The van der Waals surface area contributed by atoms with Crippen LogP contribution in [0, 0.1) is 0 Å². The number of hydrogen-bond acceptors (Lipinski definition) is 4. The molecule has 0 N–H and O–H groups in total. The van der Waals surface area contributed by atoms with E-state index in [1.807, 2.05) is 30.4 Å². The van der Waals surface area contributed by atoms with Gasteiger partial charge in [-0.1, -0.05) is 34.1 Å². The number of amides is 1. The second kappa shape index (κ2) is 8.80. The number of alkyl halides is 1. The molecule has 22 heavy (non-hydrogen) atoms. The Morgan fingerprint density at radius 2 is 2.14 bits per heavy atom. The Bertz CT molecular complexity index is 527. The van der Waals surface area contributed by atoms with Gasteiger partial charge in [-0.2, -0.15) is 0 Å². The van der Waals surface area contributed by atoms with E-state index in [2.05, 4.69) is 15.9 Å². The van der Waals surface area contributed by atoms with E-state index < -0.39 is 0 Å². The molecule has 1 amide bonds. The second-order valence-electron chi connectivity index (χ2n) is 4.75. The molecule has 0 radical (unpaired) electrons. The first-order chi connectivity index (χ1) is 10.7. The molecular weight excluding hydrogens is 350 g/mol. The third kappa shape index (κ3) is 4.74. The van der Waals surface area contributed by atoms with Gasteiger partial charge in [0.2, 0.25) is 0 Å². The van der Waals surface area contributed by atoms with Crippen molar-refractivity contribution in [3.8, 4) is 11.5 Å². The number of halogens is 1. The maximum Gasteiger partial charge on any atom is 0.260 e. The normalized spacial score (nSPS) is 15.1. The number of ether oxygens (including phenoxy) is 3. The van der Waals surface area contributed by atoms with E-state index in [9.17, 15) is 4.79 Å². The lowest BCUT2D eigenvalue weighted by Gasteiger charge is -2.26. The monoisotopic (exact) mass is 369 g/mol. The van der Waals surface area contributed by atoms with Crippen molar-refractivity contribution in [1.29, 1.82) is 0 Å². The molecule has 0 aromatic heterocycles. The average Bonchev–Trinajstić information content (AvgIpc) is 2.58. The summed E-state index contributed by atoms with van der Waals surface area (Å²) in [6.07, 6.45) is 3.98. The molecule has 0 atom stereocenters. The van der Waals surface area contributed by atoms with Crippen LogP contribution in [0.25, 0.3) is 6.08 Å². The zero-order valence-electron chi connectivity index (χ0n) is 12.6. The molecule has 1 aromatic carbocycles. The predicted molar refractivity (Wildman–Crippen MR) is 88.7 cm³/mol. The fraction of sp³-hybridized carbons (Fsp3) is 0.438. The number of morpholine rings is 1. The van der Waals surface area contributed by atoms with E-state index >= 15 is 0 Å². The van der Waals surface area contributed by atoms with Crippen molar-refractivity contribution in [3.63, 3.8) is 0 Å². The molecule has 6 heteroatoms. The second-order valence-corrected chi connectivity index (χ2v) is 5.40. The van der Waals surface area contributed by atoms with Crippen molar-refractivity contribution >= 4 is 27.9 Å². The molecule has 0 saturated carbocycles. The van der Waals surface area contributed by atoms with Crippen LogP contribution in [-0.2, 0) is 9.53 Å². The number of methoxy groups -OCH3 is 1. The lowest BCUT2D eigenvalue weighted by Crippen LogP contribution is -2.43. The van der Waals surface area contributed by atoms with Gasteiger partial charge in [0, 0.05) is 18.4 Å². The Morgan fingerprint density at radius 1 is 1.36 bits per heavy atom. The van der Waals surface area contributed by atoms with Crippen molar-refractivity contribution in [2.24, 2.45) is 0 Å². The summed E-state index contributed by atoms with van der Waals surface area (Å²) in [7, 11) is 1.59. The van der Waals surface area contributed by atoms with Crippen molar-refractivity contribution in [2.45, 2.75) is 0 Å². The highest BCUT2D eigenvalue weighted by Gasteiger charge is 2.17. The lowest BCUT2D eigenvalue weighted by molar-refractivity contribution is -0.137. The first-order valence-corrected chi connectivity index (χ1v) is 8.25. The number of nitrogens with zero attached hydrogens (tertiary/aromatic N) is 1. The SMILES string of the molecule is COc1cc(C=CCBr)ccc1OCC(=O)N1CCOCC1. The molecule has 1 aliphatic heterocycles. The Morgan fingerprint density at radius 3 is 2.82 bits per heavy atom. The Balaban J connectivity index is 1.96.